The molecule has 2 fully saturated rings. The molecular formula is C29H34N8O2. The summed E-state index contributed by atoms with van der Waals surface area (Å²) in [4.78, 5) is 42.4. The number of pyridine rings is 1. The zero-order valence-electron chi connectivity index (χ0n) is 22.2. The molecule has 2 aromatic heterocycles. The number of aromatic amines is 1. The summed E-state index contributed by atoms with van der Waals surface area (Å²) >= 11 is 0. The number of piperazine rings is 1. The van der Waals surface area contributed by atoms with E-state index in [1.807, 2.05) is 30.3 Å². The molecule has 1 saturated carbocycles. The highest BCUT2D eigenvalue weighted by Gasteiger charge is 2.24. The number of H-pyrrole nitrogens is 1. The van der Waals surface area contributed by atoms with Gasteiger partial charge in [0.1, 0.15) is 11.3 Å². The molecule has 0 atom stereocenters. The molecular weight excluding hydrogens is 492 g/mol. The van der Waals surface area contributed by atoms with E-state index in [0.29, 0.717) is 34.6 Å². The first-order valence-corrected chi connectivity index (χ1v) is 13.7. The van der Waals surface area contributed by atoms with Crippen LogP contribution >= 0.6 is 0 Å². The third-order valence-electron chi connectivity index (χ3n) is 7.73. The Morgan fingerprint density at radius 3 is 2.74 bits per heavy atom. The number of likely N-dealkylation sites (N-methyl/N-ethyl adjacent to an activating group) is 1. The van der Waals surface area contributed by atoms with Gasteiger partial charge in [0.25, 0.3) is 11.8 Å². The molecule has 10 heteroatoms. The molecule has 3 aliphatic rings. The Kier molecular flexibility index (Phi) is 7.02. The summed E-state index contributed by atoms with van der Waals surface area (Å²) in [5.41, 5.74) is 4.01. The molecule has 4 N–H and O–H groups in total. The normalized spacial score (nSPS) is 19.8. The zero-order valence-corrected chi connectivity index (χ0v) is 22.2. The molecule has 1 aromatic carbocycles. The highest BCUT2D eigenvalue weighted by atomic mass is 16.2. The van der Waals surface area contributed by atoms with Crippen LogP contribution in [-0.2, 0) is 4.79 Å². The van der Waals surface area contributed by atoms with E-state index in [4.69, 9.17) is 0 Å². The second-order valence-corrected chi connectivity index (χ2v) is 10.6. The van der Waals surface area contributed by atoms with Crippen LogP contribution in [0.1, 0.15) is 48.0 Å². The topological polar surface area (TPSA) is 118 Å². The molecule has 3 aromatic rings. The van der Waals surface area contributed by atoms with Crippen molar-refractivity contribution in [2.24, 2.45) is 4.99 Å². The molecule has 39 heavy (non-hydrogen) atoms. The first-order valence-electron chi connectivity index (χ1n) is 13.7. The standard InChI is InChI=1S/C29H34N8O2/c1-36-10-12-37(13-11-36)23-9-5-6-19(14-23)27(38)32-22-16-24-20(17-30-26(24)31-18-22)15-25-28(39)35-29(34-25)33-21-7-3-2-4-8-21/h5-6,9,14-18,21H,2-4,7-8,10-13H2,1H3,(H,30,31)(H,32,38)(H2,33,34,35,39)/b25-15+. The van der Waals surface area contributed by atoms with Crippen LogP contribution in [0.5, 0.6) is 0 Å². The molecule has 1 aliphatic carbocycles. The monoisotopic (exact) mass is 526 g/mol. The van der Waals surface area contributed by atoms with Gasteiger partial charge >= 0.3 is 0 Å². The Morgan fingerprint density at radius 1 is 1.10 bits per heavy atom. The summed E-state index contributed by atoms with van der Waals surface area (Å²) in [5.74, 6) is 0.0870. The molecule has 0 radical (unpaired) electrons. The molecule has 2 aliphatic heterocycles. The quantitative estimate of drug-likeness (QED) is 0.379. The fourth-order valence-electron chi connectivity index (χ4n) is 5.45. The maximum absolute atomic E-state index is 13.1. The van der Waals surface area contributed by atoms with Gasteiger partial charge in [-0.05, 0) is 50.2 Å². The van der Waals surface area contributed by atoms with Gasteiger partial charge in [0.2, 0.25) is 5.96 Å². The predicted octanol–water partition coefficient (Wildman–Crippen LogP) is 3.32. The van der Waals surface area contributed by atoms with Crippen LogP contribution in [0, 0.1) is 0 Å². The van der Waals surface area contributed by atoms with Crippen molar-refractivity contribution in [3.05, 3.63) is 59.5 Å². The Morgan fingerprint density at radius 2 is 1.92 bits per heavy atom. The van der Waals surface area contributed by atoms with Gasteiger partial charge in [0, 0.05) is 60.6 Å². The fourth-order valence-corrected chi connectivity index (χ4v) is 5.45. The van der Waals surface area contributed by atoms with Gasteiger partial charge in [-0.3, -0.25) is 14.9 Å². The van der Waals surface area contributed by atoms with Gasteiger partial charge in [-0.15, -0.1) is 0 Å². The van der Waals surface area contributed by atoms with Crippen LogP contribution in [-0.4, -0.2) is 71.9 Å². The Bertz CT molecular complexity index is 1440. The molecule has 1 saturated heterocycles. The molecule has 0 unspecified atom stereocenters. The Labute approximate surface area is 227 Å². The SMILES string of the molecule is CN1CCN(c2cccc(C(=O)Nc3cnc4[nH]cc(/C=C5/N=C(NC6CCCCC6)NC5=O)c4c3)c2)CC1. The van der Waals surface area contributed by atoms with Gasteiger partial charge in [0.05, 0.1) is 11.9 Å². The summed E-state index contributed by atoms with van der Waals surface area (Å²) in [5, 5.41) is 9.99. The number of nitrogens with zero attached hydrogens (tertiary/aromatic N) is 4. The van der Waals surface area contributed by atoms with Crippen molar-refractivity contribution in [3.8, 4) is 0 Å². The van der Waals surface area contributed by atoms with Crippen molar-refractivity contribution in [2.45, 2.75) is 38.1 Å². The van der Waals surface area contributed by atoms with Crippen molar-refractivity contribution in [2.75, 3.05) is 43.4 Å². The number of hydrogen-bond acceptors (Lipinski definition) is 7. The fraction of sp³-hybridized carbons (Fsp3) is 0.379. The summed E-state index contributed by atoms with van der Waals surface area (Å²) < 4.78 is 0. The maximum Gasteiger partial charge on any atom is 0.276 e. The van der Waals surface area contributed by atoms with Gasteiger partial charge < -0.3 is 25.4 Å². The first-order chi connectivity index (χ1) is 19.0. The second kappa shape index (κ2) is 10.9. The highest BCUT2D eigenvalue weighted by Crippen LogP contribution is 2.25. The van der Waals surface area contributed by atoms with Crippen LogP contribution in [0.2, 0.25) is 0 Å². The van der Waals surface area contributed by atoms with Crippen molar-refractivity contribution in [3.63, 3.8) is 0 Å². The van der Waals surface area contributed by atoms with Crippen molar-refractivity contribution in [1.82, 2.24) is 25.5 Å². The Balaban J connectivity index is 1.18. The van der Waals surface area contributed by atoms with E-state index in [0.717, 1.165) is 55.7 Å². The predicted molar refractivity (Wildman–Crippen MR) is 154 cm³/mol. The van der Waals surface area contributed by atoms with E-state index >= 15 is 0 Å². The third-order valence-corrected chi connectivity index (χ3v) is 7.73. The lowest BCUT2D eigenvalue weighted by molar-refractivity contribution is -0.115. The first kappa shape index (κ1) is 25.1. The molecule has 202 valence electrons. The van der Waals surface area contributed by atoms with Crippen LogP contribution in [0.4, 0.5) is 11.4 Å². The molecule has 2 amide bonds. The van der Waals surface area contributed by atoms with E-state index < -0.39 is 0 Å². The van der Waals surface area contributed by atoms with E-state index in [2.05, 4.69) is 47.8 Å². The minimum atomic E-state index is -0.236. The minimum Gasteiger partial charge on any atom is -0.369 e. The maximum atomic E-state index is 13.1. The highest BCUT2D eigenvalue weighted by molar-refractivity contribution is 6.14. The number of amides is 2. The van der Waals surface area contributed by atoms with Gasteiger partial charge in [-0.25, -0.2) is 9.98 Å². The Hall–Kier alpha value is -4.18. The van der Waals surface area contributed by atoms with E-state index in [-0.39, 0.29) is 11.8 Å². The number of carbonyl (C=O) groups is 2. The number of fused-ring (bicyclic) bond motifs is 1. The van der Waals surface area contributed by atoms with E-state index in [1.54, 1.807) is 18.5 Å². The number of rotatable bonds is 5. The van der Waals surface area contributed by atoms with Crippen molar-refractivity contribution in [1.29, 1.82) is 0 Å². The molecule has 6 rings (SSSR count). The molecule has 10 nitrogen and oxygen atoms in total. The largest absolute Gasteiger partial charge is 0.369 e. The average Bonchev–Trinajstić information content (AvgIpc) is 3.51. The molecule has 4 heterocycles. The number of aromatic nitrogens is 2. The summed E-state index contributed by atoms with van der Waals surface area (Å²) in [7, 11) is 2.13. The lowest BCUT2D eigenvalue weighted by atomic mass is 9.96. The number of benzene rings is 1. The third kappa shape index (κ3) is 5.65. The zero-order chi connectivity index (χ0) is 26.8. The van der Waals surface area contributed by atoms with Crippen molar-refractivity contribution >= 4 is 46.3 Å². The second-order valence-electron chi connectivity index (χ2n) is 10.6. The summed E-state index contributed by atoms with van der Waals surface area (Å²) in [6, 6.07) is 9.95. The van der Waals surface area contributed by atoms with Crippen LogP contribution in [0.3, 0.4) is 0 Å². The number of guanidine groups is 1. The number of anilines is 2. The van der Waals surface area contributed by atoms with Crippen LogP contribution < -0.4 is 20.9 Å². The van der Waals surface area contributed by atoms with Crippen LogP contribution in [0.25, 0.3) is 17.1 Å². The van der Waals surface area contributed by atoms with Crippen molar-refractivity contribution < 1.29 is 9.59 Å². The van der Waals surface area contributed by atoms with Crippen LogP contribution in [0.15, 0.2) is 53.4 Å². The van der Waals surface area contributed by atoms with E-state index in [1.165, 1.54) is 19.3 Å². The summed E-state index contributed by atoms with van der Waals surface area (Å²) in [6.45, 7) is 3.88. The van der Waals surface area contributed by atoms with Gasteiger partial charge in [0.15, 0.2) is 0 Å². The average molecular weight is 527 g/mol. The van der Waals surface area contributed by atoms with Gasteiger partial charge in [-0.2, -0.15) is 0 Å². The number of hydrogen-bond donors (Lipinski definition) is 4. The number of nitrogens with one attached hydrogen (secondary N) is 4. The lowest BCUT2D eigenvalue weighted by Gasteiger charge is -2.34. The van der Waals surface area contributed by atoms with E-state index in [9.17, 15) is 9.59 Å². The smallest absolute Gasteiger partial charge is 0.276 e. The summed E-state index contributed by atoms with van der Waals surface area (Å²) in [6.07, 6.45) is 11.0. The lowest BCUT2D eigenvalue weighted by Crippen LogP contribution is -2.44. The minimum absolute atomic E-state index is 0.194. The number of carbonyl (C=O) groups excluding carboxylic acids is 2. The number of aliphatic imine (C=N–C) groups is 1. The van der Waals surface area contributed by atoms with Gasteiger partial charge in [-0.1, -0.05) is 25.3 Å². The molecule has 0 bridgehead atoms. The molecule has 0 spiro atoms.